The molecule has 1 fully saturated rings. The lowest BCUT2D eigenvalue weighted by Gasteiger charge is -2.26. The number of carbonyl (C=O) groups excluding carboxylic acids is 1. The molecule has 0 atom stereocenters. The number of morpholine rings is 1. The first-order chi connectivity index (χ1) is 9.16. The number of hydrogen-bond acceptors (Lipinski definition) is 4. The summed E-state index contributed by atoms with van der Waals surface area (Å²) in [6.07, 6.45) is 0. The summed E-state index contributed by atoms with van der Waals surface area (Å²) in [5.41, 5.74) is -0.165. The molecule has 0 unspecified atom stereocenters. The summed E-state index contributed by atoms with van der Waals surface area (Å²) in [6, 6.07) is 4.30. The zero-order valence-corrected chi connectivity index (χ0v) is 10.7. The van der Waals surface area contributed by atoms with Crippen molar-refractivity contribution in [2.45, 2.75) is 0 Å². The van der Waals surface area contributed by atoms with Crippen LogP contribution >= 0.6 is 11.6 Å². The van der Waals surface area contributed by atoms with Gasteiger partial charge in [-0.05, 0) is 18.2 Å². The Morgan fingerprint density at radius 2 is 2.00 bits per heavy atom. The average molecular weight is 283 g/mol. The largest absolute Gasteiger partial charge is 0.378 e. The van der Waals surface area contributed by atoms with Crippen molar-refractivity contribution in [3.63, 3.8) is 0 Å². The highest BCUT2D eigenvalue weighted by molar-refractivity contribution is 6.31. The lowest BCUT2D eigenvalue weighted by Crippen LogP contribution is -2.42. The number of amides is 1. The summed E-state index contributed by atoms with van der Waals surface area (Å²) in [5.74, 6) is 0. The fourth-order valence-electron chi connectivity index (χ4n) is 2.05. The van der Waals surface area contributed by atoms with Crippen LogP contribution in [0.2, 0.25) is 5.02 Å². The van der Waals surface area contributed by atoms with E-state index < -0.39 is 5.63 Å². The van der Waals surface area contributed by atoms with Crippen molar-refractivity contribution in [3.8, 4) is 0 Å². The van der Waals surface area contributed by atoms with Gasteiger partial charge in [-0.3, -0.25) is 0 Å². The molecule has 0 radical (unpaired) electrons. The molecule has 1 aliphatic rings. The monoisotopic (exact) mass is 282 g/mol. The van der Waals surface area contributed by atoms with Crippen LogP contribution in [0.15, 0.2) is 27.5 Å². The van der Waals surface area contributed by atoms with Gasteiger partial charge in [-0.15, -0.1) is 4.74 Å². The summed E-state index contributed by atoms with van der Waals surface area (Å²) in [5, 5.41) is 0.780. The third-order valence-corrected chi connectivity index (χ3v) is 3.26. The van der Waals surface area contributed by atoms with Gasteiger partial charge >= 0.3 is 11.7 Å². The van der Waals surface area contributed by atoms with Crippen LogP contribution in [-0.4, -0.2) is 42.0 Å². The molecule has 100 valence electrons. The van der Waals surface area contributed by atoms with E-state index in [0.717, 1.165) is 4.74 Å². The molecular formula is C12H11ClN2O4. The predicted octanol–water partition coefficient (Wildman–Crippen LogP) is 1.55. The minimum atomic E-state index is -0.548. The molecule has 1 aliphatic heterocycles. The number of nitrogens with zero attached hydrogens (tertiary/aromatic N) is 2. The minimum absolute atomic E-state index is 0.339. The van der Waals surface area contributed by atoms with Crippen LogP contribution in [0.25, 0.3) is 10.9 Å². The molecule has 1 saturated heterocycles. The van der Waals surface area contributed by atoms with Crippen LogP contribution in [0, 0.1) is 0 Å². The van der Waals surface area contributed by atoms with E-state index in [0.29, 0.717) is 42.2 Å². The maximum atomic E-state index is 12.3. The normalized spacial score (nSPS) is 15.9. The van der Waals surface area contributed by atoms with Gasteiger partial charge in [0.05, 0.1) is 18.6 Å². The topological polar surface area (TPSA) is 64.7 Å². The Labute approximate surface area is 113 Å². The third-order valence-electron chi connectivity index (χ3n) is 3.03. The van der Waals surface area contributed by atoms with Gasteiger partial charge in [0.1, 0.15) is 5.52 Å². The summed E-state index contributed by atoms with van der Waals surface area (Å²) in [7, 11) is 0. The van der Waals surface area contributed by atoms with Crippen LogP contribution in [0.1, 0.15) is 0 Å². The first kappa shape index (κ1) is 12.3. The summed E-state index contributed by atoms with van der Waals surface area (Å²) in [6.45, 7) is 1.91. The van der Waals surface area contributed by atoms with Gasteiger partial charge < -0.3 is 14.2 Å². The molecule has 2 heterocycles. The van der Waals surface area contributed by atoms with Gasteiger partial charge in [-0.25, -0.2) is 9.59 Å². The maximum absolute atomic E-state index is 12.3. The SMILES string of the molecule is O=C(N1CCOCC1)n1oc(=O)c2ccc(Cl)cc21. The number of carbonyl (C=O) groups is 1. The van der Waals surface area contributed by atoms with E-state index in [-0.39, 0.29) is 6.03 Å². The highest BCUT2D eigenvalue weighted by atomic mass is 35.5. The van der Waals surface area contributed by atoms with E-state index in [2.05, 4.69) is 0 Å². The van der Waals surface area contributed by atoms with Crippen LogP contribution < -0.4 is 5.63 Å². The minimum Gasteiger partial charge on any atom is -0.378 e. The van der Waals surface area contributed by atoms with E-state index in [4.69, 9.17) is 20.9 Å². The van der Waals surface area contributed by atoms with Gasteiger partial charge in [0.2, 0.25) is 0 Å². The van der Waals surface area contributed by atoms with E-state index in [1.807, 2.05) is 0 Å². The number of ether oxygens (including phenoxy) is 1. The molecular weight excluding hydrogens is 272 g/mol. The van der Waals surface area contributed by atoms with Crippen LogP contribution in [-0.2, 0) is 4.74 Å². The number of aromatic nitrogens is 1. The highest BCUT2D eigenvalue weighted by Crippen LogP contribution is 2.18. The fraction of sp³-hybridized carbons (Fsp3) is 0.333. The molecule has 1 amide bonds. The number of fused-ring (bicyclic) bond motifs is 1. The van der Waals surface area contributed by atoms with Gasteiger partial charge in [-0.2, -0.15) is 0 Å². The molecule has 7 heteroatoms. The quantitative estimate of drug-likeness (QED) is 0.735. The molecule has 6 nitrogen and oxygen atoms in total. The molecule has 0 bridgehead atoms. The Balaban J connectivity index is 2.06. The predicted molar refractivity (Wildman–Crippen MR) is 68.7 cm³/mol. The average Bonchev–Trinajstić information content (AvgIpc) is 2.75. The molecule has 0 spiro atoms. The van der Waals surface area contributed by atoms with Crippen molar-refractivity contribution in [2.24, 2.45) is 0 Å². The second-order valence-corrected chi connectivity index (χ2v) is 4.65. The second-order valence-electron chi connectivity index (χ2n) is 4.22. The standard InChI is InChI=1S/C12H11ClN2O4/c13-8-1-2-9-10(7-8)15(19-11(9)16)12(17)14-3-5-18-6-4-14/h1-2,7H,3-6H2. The smallest absolute Gasteiger partial charge is 0.366 e. The van der Waals surface area contributed by atoms with E-state index >= 15 is 0 Å². The summed E-state index contributed by atoms with van der Waals surface area (Å²) >= 11 is 5.89. The van der Waals surface area contributed by atoms with Crippen molar-refractivity contribution in [2.75, 3.05) is 26.3 Å². The van der Waals surface area contributed by atoms with Crippen LogP contribution in [0.5, 0.6) is 0 Å². The summed E-state index contributed by atoms with van der Waals surface area (Å²) in [4.78, 5) is 25.5. The molecule has 0 aliphatic carbocycles. The number of halogens is 1. The van der Waals surface area contributed by atoms with Gasteiger partial charge in [0.15, 0.2) is 0 Å². The molecule has 2 aromatic rings. The van der Waals surface area contributed by atoms with E-state index in [9.17, 15) is 9.59 Å². The third kappa shape index (κ3) is 2.13. The first-order valence-electron chi connectivity index (χ1n) is 5.85. The highest BCUT2D eigenvalue weighted by Gasteiger charge is 2.23. The van der Waals surface area contributed by atoms with Crippen LogP contribution in [0.3, 0.4) is 0 Å². The van der Waals surface area contributed by atoms with E-state index in [1.54, 1.807) is 23.1 Å². The fourth-order valence-corrected chi connectivity index (χ4v) is 2.22. The van der Waals surface area contributed by atoms with Crippen molar-refractivity contribution in [3.05, 3.63) is 33.6 Å². The second kappa shape index (κ2) is 4.71. The van der Waals surface area contributed by atoms with E-state index in [1.165, 1.54) is 0 Å². The van der Waals surface area contributed by atoms with Gasteiger partial charge in [0.25, 0.3) is 0 Å². The number of rotatable bonds is 0. The van der Waals surface area contributed by atoms with Gasteiger partial charge in [-0.1, -0.05) is 11.6 Å². The van der Waals surface area contributed by atoms with Crippen molar-refractivity contribution in [1.82, 2.24) is 9.64 Å². The molecule has 3 rings (SSSR count). The summed E-state index contributed by atoms with van der Waals surface area (Å²) < 4.78 is 11.2. The van der Waals surface area contributed by atoms with Crippen molar-refractivity contribution in [1.29, 1.82) is 0 Å². The van der Waals surface area contributed by atoms with Gasteiger partial charge in [0, 0.05) is 18.1 Å². The molecule has 19 heavy (non-hydrogen) atoms. The molecule has 1 aromatic carbocycles. The Morgan fingerprint density at radius 3 is 2.74 bits per heavy atom. The molecule has 0 N–H and O–H groups in total. The Hall–Kier alpha value is -1.79. The Bertz CT molecular complexity index is 685. The molecule has 0 saturated carbocycles. The molecule has 1 aromatic heterocycles. The first-order valence-corrected chi connectivity index (χ1v) is 6.23. The Morgan fingerprint density at radius 1 is 1.26 bits per heavy atom. The maximum Gasteiger partial charge on any atom is 0.366 e. The zero-order valence-electron chi connectivity index (χ0n) is 9.97. The van der Waals surface area contributed by atoms with Crippen molar-refractivity contribution < 1.29 is 14.1 Å². The Kier molecular flexibility index (Phi) is 3.04. The lowest BCUT2D eigenvalue weighted by molar-refractivity contribution is 0.0487. The number of benzene rings is 1. The van der Waals surface area contributed by atoms with Crippen LogP contribution in [0.4, 0.5) is 4.79 Å². The number of hydrogen-bond donors (Lipinski definition) is 0. The zero-order chi connectivity index (χ0) is 13.4. The lowest BCUT2D eigenvalue weighted by atomic mass is 10.2. The van der Waals surface area contributed by atoms with Crippen molar-refractivity contribution >= 4 is 28.5 Å².